The zero-order valence-electron chi connectivity index (χ0n) is 15.0. The highest BCUT2D eigenvalue weighted by atomic mass is 35.5. The number of hydrogen-bond donors (Lipinski definition) is 1. The van der Waals surface area contributed by atoms with Crippen LogP contribution in [-0.4, -0.2) is 30.0 Å². The molecule has 1 N–H and O–H groups in total. The average molecular weight is 410 g/mol. The lowest BCUT2D eigenvalue weighted by Gasteiger charge is -2.22. The maximum Gasteiger partial charge on any atom is 0.417 e. The summed E-state index contributed by atoms with van der Waals surface area (Å²) < 4.78 is 38.7. The SMILES string of the molecule is O=C(NC1CCN(c2cncc(C(F)(F)F)c2)C1)C1(c2ccc(Cl)cc2)CC1. The number of amides is 1. The Kier molecular flexibility index (Phi) is 4.73. The fourth-order valence-corrected chi connectivity index (χ4v) is 3.86. The number of carbonyl (C=O) groups excluding carboxylic acids is 1. The van der Waals surface area contributed by atoms with Crippen molar-refractivity contribution in [2.75, 3.05) is 18.0 Å². The number of rotatable bonds is 4. The van der Waals surface area contributed by atoms with Crippen LogP contribution in [0.25, 0.3) is 0 Å². The minimum absolute atomic E-state index is 0.0242. The Bertz CT molecular complexity index is 881. The number of nitrogens with one attached hydrogen (secondary N) is 1. The van der Waals surface area contributed by atoms with Crippen LogP contribution in [0, 0.1) is 0 Å². The molecule has 1 amide bonds. The lowest BCUT2D eigenvalue weighted by Crippen LogP contribution is -2.43. The van der Waals surface area contributed by atoms with Gasteiger partial charge in [-0.2, -0.15) is 13.2 Å². The van der Waals surface area contributed by atoms with E-state index < -0.39 is 17.2 Å². The largest absolute Gasteiger partial charge is 0.417 e. The second-order valence-corrected chi connectivity index (χ2v) is 7.86. The zero-order valence-corrected chi connectivity index (χ0v) is 15.7. The maximum atomic E-state index is 12.9. The molecule has 1 aliphatic heterocycles. The van der Waals surface area contributed by atoms with Crippen molar-refractivity contribution in [3.63, 3.8) is 0 Å². The number of pyridine rings is 1. The van der Waals surface area contributed by atoms with E-state index in [0.717, 1.165) is 30.7 Å². The lowest BCUT2D eigenvalue weighted by molar-refractivity contribution is -0.137. The number of carbonyl (C=O) groups is 1. The average Bonchev–Trinajstić information content (AvgIpc) is 3.35. The van der Waals surface area contributed by atoms with Gasteiger partial charge in [-0.25, -0.2) is 0 Å². The number of alkyl halides is 3. The molecule has 2 aliphatic rings. The predicted molar refractivity (Wildman–Crippen MR) is 100 cm³/mol. The van der Waals surface area contributed by atoms with Gasteiger partial charge in [0.05, 0.1) is 22.9 Å². The summed E-state index contributed by atoms with van der Waals surface area (Å²) in [6.07, 6.45) is 0.0756. The number of benzene rings is 1. The topological polar surface area (TPSA) is 45.2 Å². The Balaban J connectivity index is 1.41. The summed E-state index contributed by atoms with van der Waals surface area (Å²) in [5.74, 6) is -0.0242. The molecule has 1 aromatic heterocycles. The van der Waals surface area contributed by atoms with Gasteiger partial charge in [-0.15, -0.1) is 0 Å². The lowest BCUT2D eigenvalue weighted by atomic mass is 9.94. The summed E-state index contributed by atoms with van der Waals surface area (Å²) in [5, 5.41) is 3.71. The standard InChI is InChI=1S/C20H19ClF3N3O/c21-15-3-1-13(2-4-15)19(6-7-19)18(28)26-16-5-8-27(12-16)17-9-14(10-25-11-17)20(22,23)24/h1-4,9-11,16H,5-8,12H2,(H,26,28). The van der Waals surface area contributed by atoms with E-state index in [4.69, 9.17) is 11.6 Å². The van der Waals surface area contributed by atoms with Gasteiger partial charge in [0.2, 0.25) is 5.91 Å². The van der Waals surface area contributed by atoms with Gasteiger partial charge in [-0.3, -0.25) is 9.78 Å². The van der Waals surface area contributed by atoms with Crippen LogP contribution in [0.15, 0.2) is 42.7 Å². The minimum atomic E-state index is -4.42. The molecule has 4 nitrogen and oxygen atoms in total. The monoisotopic (exact) mass is 409 g/mol. The third kappa shape index (κ3) is 3.68. The molecule has 8 heteroatoms. The normalized spacial score (nSPS) is 20.9. The Labute approximate surface area is 165 Å². The molecule has 4 rings (SSSR count). The Morgan fingerprint density at radius 3 is 2.57 bits per heavy atom. The van der Waals surface area contributed by atoms with E-state index >= 15 is 0 Å². The summed E-state index contributed by atoms with van der Waals surface area (Å²) in [4.78, 5) is 18.4. The number of halogens is 4. The summed E-state index contributed by atoms with van der Waals surface area (Å²) in [6.45, 7) is 1.04. The fourth-order valence-electron chi connectivity index (χ4n) is 3.73. The smallest absolute Gasteiger partial charge is 0.368 e. The van der Waals surface area contributed by atoms with E-state index in [-0.39, 0.29) is 11.9 Å². The van der Waals surface area contributed by atoms with Gasteiger partial charge >= 0.3 is 6.18 Å². The fraction of sp³-hybridized carbons (Fsp3) is 0.400. The molecule has 1 aromatic carbocycles. The second-order valence-electron chi connectivity index (χ2n) is 7.42. The van der Waals surface area contributed by atoms with Crippen molar-refractivity contribution >= 4 is 23.2 Å². The molecular weight excluding hydrogens is 391 g/mol. The summed E-state index contributed by atoms with van der Waals surface area (Å²) in [5.41, 5.74) is 0.101. The highest BCUT2D eigenvalue weighted by molar-refractivity contribution is 6.30. The highest BCUT2D eigenvalue weighted by Crippen LogP contribution is 2.48. The van der Waals surface area contributed by atoms with E-state index in [1.165, 1.54) is 6.20 Å². The van der Waals surface area contributed by atoms with Crippen LogP contribution < -0.4 is 10.2 Å². The van der Waals surface area contributed by atoms with Crippen LogP contribution in [0.1, 0.15) is 30.4 Å². The van der Waals surface area contributed by atoms with Gasteiger partial charge in [-0.05, 0) is 43.0 Å². The molecule has 0 radical (unpaired) electrons. The van der Waals surface area contributed by atoms with Gasteiger partial charge in [0.1, 0.15) is 0 Å². The van der Waals surface area contributed by atoms with Crippen LogP contribution in [0.2, 0.25) is 5.02 Å². The van der Waals surface area contributed by atoms with Crippen LogP contribution >= 0.6 is 11.6 Å². The molecular formula is C20H19ClF3N3O. The van der Waals surface area contributed by atoms with E-state index in [1.807, 2.05) is 17.0 Å². The van der Waals surface area contributed by atoms with Crippen molar-refractivity contribution in [1.82, 2.24) is 10.3 Å². The van der Waals surface area contributed by atoms with Crippen molar-refractivity contribution in [1.29, 1.82) is 0 Å². The van der Waals surface area contributed by atoms with Crippen molar-refractivity contribution < 1.29 is 18.0 Å². The first kappa shape index (κ1) is 19.1. The van der Waals surface area contributed by atoms with E-state index in [1.54, 1.807) is 12.1 Å². The highest BCUT2D eigenvalue weighted by Gasteiger charge is 2.51. The number of hydrogen-bond acceptors (Lipinski definition) is 3. The molecule has 1 atom stereocenters. The maximum absolute atomic E-state index is 12.9. The van der Waals surface area contributed by atoms with Gasteiger partial charge in [0.15, 0.2) is 0 Å². The van der Waals surface area contributed by atoms with Crippen LogP contribution in [-0.2, 0) is 16.4 Å². The van der Waals surface area contributed by atoms with Crippen molar-refractivity contribution in [2.24, 2.45) is 0 Å². The molecule has 2 heterocycles. The van der Waals surface area contributed by atoms with E-state index in [2.05, 4.69) is 10.3 Å². The molecule has 2 aromatic rings. The number of aromatic nitrogens is 1. The van der Waals surface area contributed by atoms with E-state index in [0.29, 0.717) is 30.2 Å². The first-order valence-electron chi connectivity index (χ1n) is 9.12. The summed E-state index contributed by atoms with van der Waals surface area (Å²) in [6, 6.07) is 8.32. The molecule has 2 fully saturated rings. The third-order valence-electron chi connectivity index (χ3n) is 5.52. The quantitative estimate of drug-likeness (QED) is 0.824. The molecule has 1 saturated carbocycles. The first-order valence-corrected chi connectivity index (χ1v) is 9.50. The molecule has 28 heavy (non-hydrogen) atoms. The zero-order chi connectivity index (χ0) is 19.9. The second kappa shape index (κ2) is 6.95. The molecule has 1 aliphatic carbocycles. The number of anilines is 1. The van der Waals surface area contributed by atoms with Crippen molar-refractivity contribution in [2.45, 2.75) is 36.9 Å². The molecule has 1 saturated heterocycles. The predicted octanol–water partition coefficient (Wildman–Crippen LogP) is 4.18. The number of nitrogens with zero attached hydrogens (tertiary/aromatic N) is 2. The van der Waals surface area contributed by atoms with Gasteiger partial charge < -0.3 is 10.2 Å². The van der Waals surface area contributed by atoms with Crippen LogP contribution in [0.3, 0.4) is 0 Å². The molecule has 148 valence electrons. The van der Waals surface area contributed by atoms with Gasteiger partial charge in [-0.1, -0.05) is 23.7 Å². The first-order chi connectivity index (χ1) is 13.3. The third-order valence-corrected chi connectivity index (χ3v) is 5.77. The summed E-state index contributed by atoms with van der Waals surface area (Å²) in [7, 11) is 0. The van der Waals surface area contributed by atoms with Crippen LogP contribution in [0.4, 0.5) is 18.9 Å². The molecule has 0 spiro atoms. The van der Waals surface area contributed by atoms with Gasteiger partial charge in [0.25, 0.3) is 0 Å². The molecule has 1 unspecified atom stereocenters. The van der Waals surface area contributed by atoms with Crippen molar-refractivity contribution in [3.05, 3.63) is 58.9 Å². The summed E-state index contributed by atoms with van der Waals surface area (Å²) >= 11 is 5.93. The van der Waals surface area contributed by atoms with Gasteiger partial charge in [0, 0.05) is 30.4 Å². The van der Waals surface area contributed by atoms with Crippen molar-refractivity contribution in [3.8, 4) is 0 Å². The van der Waals surface area contributed by atoms with Crippen LogP contribution in [0.5, 0.6) is 0 Å². The Morgan fingerprint density at radius 1 is 1.21 bits per heavy atom. The Morgan fingerprint density at radius 2 is 1.93 bits per heavy atom. The Hall–Kier alpha value is -2.28. The van der Waals surface area contributed by atoms with E-state index in [9.17, 15) is 18.0 Å². The minimum Gasteiger partial charge on any atom is -0.368 e. The molecule has 0 bridgehead atoms.